The maximum Gasteiger partial charge on any atom is 0.331 e. The van der Waals surface area contributed by atoms with Gasteiger partial charge in [0.25, 0.3) is 0 Å². The van der Waals surface area contributed by atoms with Gasteiger partial charge in [-0.15, -0.1) is 0 Å². The monoisotopic (exact) mass is 353 g/mol. The molecule has 0 aromatic heterocycles. The summed E-state index contributed by atoms with van der Waals surface area (Å²) >= 11 is 3.82. The second-order valence-corrected chi connectivity index (χ2v) is 5.74. The second kappa shape index (κ2) is 12.3. The standard InChI is InChI=1S/C9H18N2O3S.C4H9NO3/c1-5(2)3-6(10)8(12)14-9(13)7(11)4-15;1-2(6)3(5)4(7)8/h5-7,15H,3-4,10-11H2,1-2H3;2-3,6H,5H2,1H3,(H,7,8)/t6-,7-;2-,3+/m01/s1. The topological polar surface area (TPSA) is 179 Å². The molecule has 0 aromatic rings. The lowest BCUT2D eigenvalue weighted by atomic mass is 10.1. The van der Waals surface area contributed by atoms with Gasteiger partial charge < -0.3 is 32.2 Å². The first-order valence-corrected chi connectivity index (χ1v) is 7.61. The molecule has 0 radical (unpaired) electrons. The summed E-state index contributed by atoms with van der Waals surface area (Å²) in [6, 6.07) is -2.82. The van der Waals surface area contributed by atoms with Crippen LogP contribution in [0.15, 0.2) is 0 Å². The van der Waals surface area contributed by atoms with Crippen LogP contribution in [0.3, 0.4) is 0 Å². The van der Waals surface area contributed by atoms with Crippen LogP contribution < -0.4 is 17.2 Å². The molecular formula is C13H27N3O6S. The SMILES string of the molecule is CC(C)C[C@H](N)C(=O)OC(=O)[C@@H](N)CS.C[C@@H](O)[C@H](N)C(=O)O. The zero-order chi connectivity index (χ0) is 18.7. The number of aliphatic hydroxyl groups excluding tert-OH is 1. The molecule has 0 unspecified atom stereocenters. The number of carboxylic acid groups (broad SMARTS) is 1. The number of esters is 2. The van der Waals surface area contributed by atoms with Crippen LogP contribution in [0.25, 0.3) is 0 Å². The summed E-state index contributed by atoms with van der Waals surface area (Å²) in [5, 5.41) is 16.6. The lowest BCUT2D eigenvalue weighted by Gasteiger charge is -2.13. The van der Waals surface area contributed by atoms with Crippen LogP contribution >= 0.6 is 12.6 Å². The van der Waals surface area contributed by atoms with Crippen LogP contribution in [0.4, 0.5) is 0 Å². The molecular weight excluding hydrogens is 326 g/mol. The molecule has 23 heavy (non-hydrogen) atoms. The highest BCUT2D eigenvalue weighted by molar-refractivity contribution is 7.80. The number of carbonyl (C=O) groups excluding carboxylic acids is 2. The predicted octanol–water partition coefficient (Wildman–Crippen LogP) is -1.53. The Morgan fingerprint density at radius 1 is 1.04 bits per heavy atom. The number of aliphatic hydroxyl groups is 1. The zero-order valence-corrected chi connectivity index (χ0v) is 14.4. The number of ether oxygens (including phenoxy) is 1. The molecule has 0 amide bonds. The molecule has 0 spiro atoms. The van der Waals surface area contributed by atoms with Crippen molar-refractivity contribution in [2.75, 3.05) is 5.75 Å². The number of thiol groups is 1. The van der Waals surface area contributed by atoms with E-state index in [0.29, 0.717) is 6.42 Å². The lowest BCUT2D eigenvalue weighted by Crippen LogP contribution is -2.40. The van der Waals surface area contributed by atoms with Gasteiger partial charge in [-0.05, 0) is 19.3 Å². The van der Waals surface area contributed by atoms with Crippen molar-refractivity contribution >= 4 is 30.5 Å². The van der Waals surface area contributed by atoms with Gasteiger partial charge in [0, 0.05) is 5.75 Å². The molecule has 0 heterocycles. The highest BCUT2D eigenvalue weighted by Crippen LogP contribution is 2.04. The second-order valence-electron chi connectivity index (χ2n) is 5.37. The fraction of sp³-hybridized carbons (Fsp3) is 0.769. The number of hydrogen-bond acceptors (Lipinski definition) is 9. The van der Waals surface area contributed by atoms with E-state index in [4.69, 9.17) is 27.4 Å². The summed E-state index contributed by atoms with van der Waals surface area (Å²) in [6.07, 6.45) is -0.505. The van der Waals surface area contributed by atoms with Gasteiger partial charge in [0.2, 0.25) is 0 Å². The van der Waals surface area contributed by atoms with Crippen molar-refractivity contribution in [3.8, 4) is 0 Å². The Morgan fingerprint density at radius 3 is 1.74 bits per heavy atom. The third kappa shape index (κ3) is 12.0. The smallest absolute Gasteiger partial charge is 0.331 e. The third-order valence-electron chi connectivity index (χ3n) is 2.53. The van der Waals surface area contributed by atoms with Crippen LogP contribution in [0, 0.1) is 5.92 Å². The minimum Gasteiger partial charge on any atom is -0.480 e. The summed E-state index contributed by atoms with van der Waals surface area (Å²) < 4.78 is 4.49. The van der Waals surface area contributed by atoms with E-state index in [0.717, 1.165) is 0 Å². The molecule has 0 aliphatic heterocycles. The van der Waals surface area contributed by atoms with Gasteiger partial charge in [0.1, 0.15) is 18.1 Å². The van der Waals surface area contributed by atoms with Crippen LogP contribution in [0.5, 0.6) is 0 Å². The first-order valence-electron chi connectivity index (χ1n) is 6.97. The van der Waals surface area contributed by atoms with E-state index in [9.17, 15) is 14.4 Å². The average molecular weight is 353 g/mol. The quantitative estimate of drug-likeness (QED) is 0.180. The van der Waals surface area contributed by atoms with Gasteiger partial charge in [0.05, 0.1) is 6.10 Å². The first-order chi connectivity index (χ1) is 10.4. The maximum absolute atomic E-state index is 11.3. The fourth-order valence-corrected chi connectivity index (χ4v) is 1.28. The molecule has 0 aliphatic carbocycles. The minimum atomic E-state index is -1.18. The number of nitrogens with two attached hydrogens (primary N) is 3. The van der Waals surface area contributed by atoms with Crippen molar-refractivity contribution in [2.45, 2.75) is 51.4 Å². The van der Waals surface area contributed by atoms with Crippen LogP contribution in [-0.2, 0) is 19.1 Å². The maximum atomic E-state index is 11.3. The largest absolute Gasteiger partial charge is 0.480 e. The van der Waals surface area contributed by atoms with Gasteiger partial charge in [-0.2, -0.15) is 12.6 Å². The molecule has 0 aromatic carbocycles. The Hall–Kier alpha value is -1.20. The molecule has 136 valence electrons. The molecule has 0 saturated heterocycles. The number of rotatable bonds is 7. The molecule has 0 bridgehead atoms. The number of carbonyl (C=O) groups is 3. The van der Waals surface area contributed by atoms with Gasteiger partial charge in [-0.1, -0.05) is 13.8 Å². The fourth-order valence-electron chi connectivity index (χ4n) is 1.14. The van der Waals surface area contributed by atoms with E-state index in [2.05, 4.69) is 17.4 Å². The normalized spacial score (nSPS) is 15.7. The molecule has 4 atom stereocenters. The van der Waals surface area contributed by atoms with Crippen LogP contribution in [-0.4, -0.2) is 58.1 Å². The number of aliphatic carboxylic acids is 1. The molecule has 0 fully saturated rings. The summed E-state index contributed by atoms with van der Waals surface area (Å²) in [7, 11) is 0. The van der Waals surface area contributed by atoms with E-state index in [-0.39, 0.29) is 11.7 Å². The number of hydrogen-bond donors (Lipinski definition) is 6. The first kappa shape index (κ1) is 24.1. The molecule has 10 heteroatoms. The Kier molecular flexibility index (Phi) is 12.8. The van der Waals surface area contributed by atoms with E-state index in [1.165, 1.54) is 6.92 Å². The van der Waals surface area contributed by atoms with E-state index in [1.54, 1.807) is 0 Å². The van der Waals surface area contributed by atoms with Gasteiger partial charge in [0.15, 0.2) is 0 Å². The Labute approximate surface area is 140 Å². The van der Waals surface area contributed by atoms with Crippen molar-refractivity contribution in [3.05, 3.63) is 0 Å². The summed E-state index contributed by atoms with van der Waals surface area (Å²) in [5.41, 5.74) is 15.8. The van der Waals surface area contributed by atoms with Crippen molar-refractivity contribution in [2.24, 2.45) is 23.1 Å². The minimum absolute atomic E-state index is 0.130. The highest BCUT2D eigenvalue weighted by Gasteiger charge is 2.22. The zero-order valence-electron chi connectivity index (χ0n) is 13.5. The van der Waals surface area contributed by atoms with E-state index < -0.39 is 42.1 Å². The lowest BCUT2D eigenvalue weighted by molar-refractivity contribution is -0.161. The Balaban J connectivity index is 0. The van der Waals surface area contributed by atoms with E-state index >= 15 is 0 Å². The van der Waals surface area contributed by atoms with Gasteiger partial charge in [-0.3, -0.25) is 4.79 Å². The molecule has 8 N–H and O–H groups in total. The Morgan fingerprint density at radius 2 is 1.48 bits per heavy atom. The summed E-state index contributed by atoms with van der Waals surface area (Å²) in [4.78, 5) is 32.2. The summed E-state index contributed by atoms with van der Waals surface area (Å²) in [6.45, 7) is 5.18. The van der Waals surface area contributed by atoms with E-state index in [1.807, 2.05) is 13.8 Å². The van der Waals surface area contributed by atoms with Crippen LogP contribution in [0.2, 0.25) is 0 Å². The molecule has 0 aliphatic rings. The van der Waals surface area contributed by atoms with Crippen molar-refractivity contribution in [1.29, 1.82) is 0 Å². The summed E-state index contributed by atoms with van der Waals surface area (Å²) in [5.74, 6) is -2.30. The molecule has 9 nitrogen and oxygen atoms in total. The van der Waals surface area contributed by atoms with Crippen LogP contribution in [0.1, 0.15) is 27.2 Å². The molecule has 0 saturated carbocycles. The van der Waals surface area contributed by atoms with Gasteiger partial charge in [-0.25, -0.2) is 9.59 Å². The predicted molar refractivity (Wildman–Crippen MR) is 87.6 cm³/mol. The van der Waals surface area contributed by atoms with Crippen molar-refractivity contribution in [1.82, 2.24) is 0 Å². The van der Waals surface area contributed by atoms with Crippen molar-refractivity contribution in [3.63, 3.8) is 0 Å². The molecule has 0 rings (SSSR count). The highest BCUT2D eigenvalue weighted by atomic mass is 32.1. The third-order valence-corrected chi connectivity index (χ3v) is 2.93. The van der Waals surface area contributed by atoms with Crippen molar-refractivity contribution < 1.29 is 29.3 Å². The number of carboxylic acids is 1. The van der Waals surface area contributed by atoms with Gasteiger partial charge >= 0.3 is 17.9 Å². The Bertz CT molecular complexity index is 392. The average Bonchev–Trinajstić information content (AvgIpc) is 2.44.